The lowest BCUT2D eigenvalue weighted by molar-refractivity contribution is -0.914. The summed E-state index contributed by atoms with van der Waals surface area (Å²) < 4.78 is 5.46. The summed E-state index contributed by atoms with van der Waals surface area (Å²) in [6.07, 6.45) is 0. The Kier molecular flexibility index (Phi) is 6.47. The van der Waals surface area contributed by atoms with Crippen molar-refractivity contribution in [2.75, 3.05) is 43.5 Å². The zero-order valence-corrected chi connectivity index (χ0v) is 17.0. The van der Waals surface area contributed by atoms with Gasteiger partial charge in [0.2, 0.25) is 0 Å². The number of carbonyl (C=O) groups is 1. The van der Waals surface area contributed by atoms with Gasteiger partial charge in [-0.2, -0.15) is 0 Å². The Morgan fingerprint density at radius 3 is 2.59 bits per heavy atom. The number of hydrogen-bond donors (Lipinski definition) is 2. The maximum absolute atomic E-state index is 12.7. The highest BCUT2D eigenvalue weighted by molar-refractivity contribution is 6.35. The van der Waals surface area contributed by atoms with Crippen molar-refractivity contribution in [1.29, 1.82) is 0 Å². The molecule has 1 aliphatic rings. The van der Waals surface area contributed by atoms with E-state index in [1.165, 1.54) is 4.90 Å². The number of benzene rings is 2. The second kappa shape index (κ2) is 8.83. The summed E-state index contributed by atoms with van der Waals surface area (Å²) >= 11 is 12.1. The second-order valence-corrected chi connectivity index (χ2v) is 7.50. The van der Waals surface area contributed by atoms with Crippen molar-refractivity contribution in [1.82, 2.24) is 0 Å². The molecule has 2 aromatic carbocycles. The monoisotopic (exact) mass is 408 g/mol. The van der Waals surface area contributed by atoms with Crippen molar-refractivity contribution in [3.05, 3.63) is 52.5 Å². The Morgan fingerprint density at radius 1 is 1.19 bits per heavy atom. The minimum atomic E-state index is -0.181. The number of carbonyl (C=O) groups excluding carboxylic acids is 1. The van der Waals surface area contributed by atoms with Crippen LogP contribution >= 0.6 is 23.2 Å². The highest BCUT2D eigenvalue weighted by Gasteiger charge is 2.30. The zero-order valence-electron chi connectivity index (χ0n) is 15.5. The van der Waals surface area contributed by atoms with Gasteiger partial charge in [-0.3, -0.25) is 4.79 Å². The molecule has 0 aromatic heterocycles. The maximum atomic E-state index is 12.7. The highest BCUT2D eigenvalue weighted by atomic mass is 35.5. The largest absolute Gasteiger partial charge is 0.495 e. The molecule has 7 heteroatoms. The van der Waals surface area contributed by atoms with E-state index in [1.807, 2.05) is 25.1 Å². The van der Waals surface area contributed by atoms with Gasteiger partial charge >= 0.3 is 0 Å². The molecule has 2 aromatic rings. The highest BCUT2D eigenvalue weighted by Crippen LogP contribution is 2.27. The number of nitrogens with zero attached hydrogens (tertiary/aromatic N) is 1. The topological polar surface area (TPSA) is 46.0 Å². The van der Waals surface area contributed by atoms with Crippen molar-refractivity contribution in [2.24, 2.45) is 0 Å². The van der Waals surface area contributed by atoms with Crippen LogP contribution in [0.5, 0.6) is 5.75 Å². The van der Waals surface area contributed by atoms with Crippen LogP contribution in [0.4, 0.5) is 11.4 Å². The molecule has 1 atom stereocenters. The molecule has 2 N–H and O–H groups in total. The number of methoxy groups -OCH3 is 1. The van der Waals surface area contributed by atoms with Crippen LogP contribution in [0.1, 0.15) is 6.92 Å². The van der Waals surface area contributed by atoms with E-state index in [9.17, 15) is 4.79 Å². The molecule has 1 heterocycles. The average molecular weight is 409 g/mol. The Balaban J connectivity index is 1.60. The van der Waals surface area contributed by atoms with Gasteiger partial charge in [-0.25, -0.2) is 0 Å². The van der Waals surface area contributed by atoms with E-state index in [-0.39, 0.29) is 11.9 Å². The van der Waals surface area contributed by atoms with E-state index in [4.69, 9.17) is 27.9 Å². The van der Waals surface area contributed by atoms with Gasteiger partial charge in [-0.1, -0.05) is 35.3 Å². The molecule has 0 spiro atoms. The zero-order chi connectivity index (χ0) is 19.4. The number of para-hydroxylation sites is 2. The summed E-state index contributed by atoms with van der Waals surface area (Å²) in [7, 11) is 1.69. The van der Waals surface area contributed by atoms with E-state index in [2.05, 4.69) is 16.3 Å². The first-order chi connectivity index (χ1) is 13.0. The number of anilines is 2. The minimum absolute atomic E-state index is 0.0556. The fraction of sp³-hybridized carbons (Fsp3) is 0.350. The summed E-state index contributed by atoms with van der Waals surface area (Å²) in [5.74, 6) is 0.822. The molecule has 3 rings (SSSR count). The van der Waals surface area contributed by atoms with Gasteiger partial charge in [0.15, 0.2) is 6.04 Å². The fourth-order valence-corrected chi connectivity index (χ4v) is 3.72. The minimum Gasteiger partial charge on any atom is -0.495 e. The third-order valence-corrected chi connectivity index (χ3v) is 5.59. The van der Waals surface area contributed by atoms with Crippen molar-refractivity contribution < 1.29 is 14.4 Å². The summed E-state index contributed by atoms with van der Waals surface area (Å²) in [4.78, 5) is 16.2. The number of quaternary nitrogens is 1. The number of ether oxygens (including phenoxy) is 1. The Morgan fingerprint density at radius 2 is 1.89 bits per heavy atom. The van der Waals surface area contributed by atoms with Crippen LogP contribution in [0, 0.1) is 0 Å². The number of nitrogens with one attached hydrogen (secondary N) is 2. The van der Waals surface area contributed by atoms with E-state index in [0.717, 1.165) is 37.6 Å². The van der Waals surface area contributed by atoms with Crippen molar-refractivity contribution in [2.45, 2.75) is 13.0 Å². The van der Waals surface area contributed by atoms with Crippen LogP contribution < -0.4 is 19.9 Å². The second-order valence-electron chi connectivity index (χ2n) is 6.65. The molecular formula is C20H24Cl2N3O2+. The van der Waals surface area contributed by atoms with Crippen molar-refractivity contribution in [3.8, 4) is 5.75 Å². The molecule has 144 valence electrons. The van der Waals surface area contributed by atoms with E-state index >= 15 is 0 Å². The van der Waals surface area contributed by atoms with Crippen molar-refractivity contribution >= 4 is 40.5 Å². The predicted octanol–water partition coefficient (Wildman–Crippen LogP) is 2.73. The first-order valence-corrected chi connectivity index (χ1v) is 9.73. The standard InChI is InChI=1S/C20H23Cl2N3O2/c1-14(20(26)23-17-13-15(21)7-8-16(17)22)24-9-11-25(12-10-24)18-5-3-4-6-19(18)27-2/h3-8,13-14H,9-12H2,1-2H3,(H,23,26)/p+1/t14-/m0/s1. The molecule has 27 heavy (non-hydrogen) atoms. The third kappa shape index (κ3) is 4.67. The van der Waals surface area contributed by atoms with Gasteiger partial charge in [-0.15, -0.1) is 0 Å². The molecule has 0 unspecified atom stereocenters. The molecule has 1 aliphatic heterocycles. The Labute approximate surface area is 169 Å². The summed E-state index contributed by atoms with van der Waals surface area (Å²) in [5, 5.41) is 3.92. The van der Waals surface area contributed by atoms with Crippen LogP contribution in [0.3, 0.4) is 0 Å². The lowest BCUT2D eigenvalue weighted by Gasteiger charge is -2.36. The van der Waals surface area contributed by atoms with E-state index in [0.29, 0.717) is 15.7 Å². The summed E-state index contributed by atoms with van der Waals surface area (Å²) in [6.45, 7) is 5.42. The molecule has 0 bridgehead atoms. The van der Waals surface area contributed by atoms with Crippen LogP contribution in [0.25, 0.3) is 0 Å². The summed E-state index contributed by atoms with van der Waals surface area (Å²) in [5.41, 5.74) is 1.65. The average Bonchev–Trinajstić information content (AvgIpc) is 2.70. The first kappa shape index (κ1) is 19.8. The van der Waals surface area contributed by atoms with Gasteiger partial charge in [0.05, 0.1) is 49.7 Å². The lowest BCUT2D eigenvalue weighted by atomic mass is 10.2. The maximum Gasteiger partial charge on any atom is 0.282 e. The normalized spacial score (nSPS) is 16.1. The van der Waals surface area contributed by atoms with E-state index < -0.39 is 0 Å². The fourth-order valence-electron chi connectivity index (χ4n) is 3.38. The summed E-state index contributed by atoms with van der Waals surface area (Å²) in [6, 6.07) is 12.9. The van der Waals surface area contributed by atoms with Crippen LogP contribution in [-0.4, -0.2) is 45.2 Å². The number of amides is 1. The lowest BCUT2D eigenvalue weighted by Crippen LogP contribution is -3.19. The molecule has 1 amide bonds. The Hall–Kier alpha value is -1.95. The van der Waals surface area contributed by atoms with Crippen molar-refractivity contribution in [3.63, 3.8) is 0 Å². The molecule has 0 saturated carbocycles. The quantitative estimate of drug-likeness (QED) is 0.799. The molecule has 1 fully saturated rings. The van der Waals surface area contributed by atoms with E-state index in [1.54, 1.807) is 25.3 Å². The van der Waals surface area contributed by atoms with Crippen LogP contribution in [0.15, 0.2) is 42.5 Å². The Bertz CT molecular complexity index is 808. The number of piperazine rings is 1. The first-order valence-electron chi connectivity index (χ1n) is 8.98. The predicted molar refractivity (Wildman–Crippen MR) is 110 cm³/mol. The SMILES string of the molecule is COc1ccccc1N1CC[NH+]([C@@H](C)C(=O)Nc2cc(Cl)ccc2Cl)CC1. The smallest absolute Gasteiger partial charge is 0.282 e. The molecule has 0 radical (unpaired) electrons. The van der Waals surface area contributed by atoms with Crippen LogP contribution in [0.2, 0.25) is 10.0 Å². The molecular weight excluding hydrogens is 385 g/mol. The van der Waals surface area contributed by atoms with Gasteiger partial charge in [0.25, 0.3) is 5.91 Å². The number of rotatable bonds is 5. The number of halogens is 2. The van der Waals surface area contributed by atoms with Gasteiger partial charge in [0, 0.05) is 5.02 Å². The third-order valence-electron chi connectivity index (χ3n) is 5.02. The van der Waals surface area contributed by atoms with Gasteiger partial charge in [-0.05, 0) is 37.3 Å². The van der Waals surface area contributed by atoms with Crippen LogP contribution in [-0.2, 0) is 4.79 Å². The molecule has 1 saturated heterocycles. The number of hydrogen-bond acceptors (Lipinski definition) is 3. The molecule has 0 aliphatic carbocycles. The van der Waals surface area contributed by atoms with Gasteiger partial charge < -0.3 is 19.9 Å². The molecule has 5 nitrogen and oxygen atoms in total. The van der Waals surface area contributed by atoms with Gasteiger partial charge in [0.1, 0.15) is 5.75 Å².